The Morgan fingerprint density at radius 3 is 2.42 bits per heavy atom. The molecule has 0 aliphatic rings. The molecule has 6 nitrogen and oxygen atoms in total. The second-order valence-electron chi connectivity index (χ2n) is 5.65. The first-order chi connectivity index (χ1) is 8.63. The maximum absolute atomic E-state index is 11.2. The number of carboxylic acid groups (broad SMARTS) is 1. The molecular formula is C13H18N2O4. The quantitative estimate of drug-likeness (QED) is 0.669. The van der Waals surface area contributed by atoms with Crippen LogP contribution in [0.2, 0.25) is 0 Å². The number of carboxylic acids is 1. The van der Waals surface area contributed by atoms with E-state index in [2.05, 4.69) is 0 Å². The molecule has 1 aromatic rings. The topological polar surface area (TPSA) is 83.7 Å². The van der Waals surface area contributed by atoms with Gasteiger partial charge in [0, 0.05) is 19.7 Å². The summed E-state index contributed by atoms with van der Waals surface area (Å²) in [6.07, 6.45) is 0. The first-order valence-corrected chi connectivity index (χ1v) is 5.85. The Balaban J connectivity index is 3.36. The molecule has 6 heteroatoms. The van der Waals surface area contributed by atoms with Crippen molar-refractivity contribution >= 4 is 17.3 Å². The van der Waals surface area contributed by atoms with Crippen molar-refractivity contribution in [3.8, 4) is 0 Å². The number of carbonyl (C=O) groups is 1. The molecule has 0 fully saturated rings. The van der Waals surface area contributed by atoms with Gasteiger partial charge in [-0.25, -0.2) is 4.79 Å². The van der Waals surface area contributed by atoms with Crippen LogP contribution >= 0.6 is 0 Å². The van der Waals surface area contributed by atoms with Crippen molar-refractivity contribution in [3.05, 3.63) is 33.9 Å². The van der Waals surface area contributed by atoms with Gasteiger partial charge in [-0.15, -0.1) is 0 Å². The van der Waals surface area contributed by atoms with Crippen molar-refractivity contribution in [2.75, 3.05) is 18.5 Å². The molecule has 104 valence electrons. The molecule has 0 saturated heterocycles. The molecule has 0 aliphatic heterocycles. The van der Waals surface area contributed by atoms with Crippen LogP contribution < -0.4 is 4.90 Å². The highest BCUT2D eigenvalue weighted by atomic mass is 16.6. The molecule has 0 saturated carbocycles. The lowest BCUT2D eigenvalue weighted by atomic mass is 9.95. The van der Waals surface area contributed by atoms with Crippen molar-refractivity contribution in [2.24, 2.45) is 5.41 Å². The zero-order chi connectivity index (χ0) is 14.8. The summed E-state index contributed by atoms with van der Waals surface area (Å²) in [4.78, 5) is 23.3. The van der Waals surface area contributed by atoms with Crippen molar-refractivity contribution < 1.29 is 14.8 Å². The number of nitro benzene ring substituents is 1. The SMILES string of the molecule is CN(CC(C)(C)C)c1c(C(=O)O)cccc1[N+](=O)[O-]. The number of hydrogen-bond donors (Lipinski definition) is 1. The number of hydrogen-bond acceptors (Lipinski definition) is 4. The third-order valence-corrected chi connectivity index (χ3v) is 2.54. The van der Waals surface area contributed by atoms with E-state index in [0.29, 0.717) is 6.54 Å². The minimum atomic E-state index is -1.17. The van der Waals surface area contributed by atoms with E-state index in [-0.39, 0.29) is 22.4 Å². The average Bonchev–Trinajstić information content (AvgIpc) is 2.25. The highest BCUT2D eigenvalue weighted by Crippen LogP contribution is 2.33. The van der Waals surface area contributed by atoms with E-state index < -0.39 is 10.9 Å². The van der Waals surface area contributed by atoms with Crippen LogP contribution in [-0.4, -0.2) is 29.6 Å². The van der Waals surface area contributed by atoms with Crippen LogP contribution in [0.1, 0.15) is 31.1 Å². The molecule has 0 bridgehead atoms. The maximum atomic E-state index is 11.2. The fourth-order valence-electron chi connectivity index (χ4n) is 2.04. The minimum absolute atomic E-state index is 0.0547. The van der Waals surface area contributed by atoms with Gasteiger partial charge in [-0.3, -0.25) is 10.1 Å². The van der Waals surface area contributed by atoms with E-state index in [1.54, 1.807) is 11.9 Å². The Bertz CT molecular complexity index is 474. The summed E-state index contributed by atoms with van der Waals surface area (Å²) in [5.74, 6) is -1.17. The lowest BCUT2D eigenvalue weighted by Gasteiger charge is -2.28. The van der Waals surface area contributed by atoms with Gasteiger partial charge in [0.2, 0.25) is 0 Å². The second-order valence-corrected chi connectivity index (χ2v) is 5.65. The van der Waals surface area contributed by atoms with Crippen LogP contribution in [0, 0.1) is 15.5 Å². The Morgan fingerprint density at radius 2 is 2.00 bits per heavy atom. The molecular weight excluding hydrogens is 248 g/mol. The van der Waals surface area contributed by atoms with E-state index in [1.807, 2.05) is 20.8 Å². The molecule has 0 aliphatic carbocycles. The van der Waals surface area contributed by atoms with Crippen LogP contribution in [0.25, 0.3) is 0 Å². The highest BCUT2D eigenvalue weighted by molar-refractivity contribution is 5.97. The lowest BCUT2D eigenvalue weighted by Crippen LogP contribution is -2.30. The second kappa shape index (κ2) is 5.26. The first-order valence-electron chi connectivity index (χ1n) is 5.85. The van der Waals surface area contributed by atoms with E-state index in [9.17, 15) is 14.9 Å². The molecule has 0 heterocycles. The number of nitrogens with zero attached hydrogens (tertiary/aromatic N) is 2. The summed E-state index contributed by atoms with van der Waals surface area (Å²) in [7, 11) is 1.67. The molecule has 0 spiro atoms. The van der Waals surface area contributed by atoms with Gasteiger partial charge in [-0.2, -0.15) is 0 Å². The molecule has 0 amide bonds. The van der Waals surface area contributed by atoms with Crippen molar-refractivity contribution in [1.29, 1.82) is 0 Å². The number of rotatable bonds is 4. The smallest absolute Gasteiger partial charge is 0.338 e. The zero-order valence-corrected chi connectivity index (χ0v) is 11.5. The Labute approximate surface area is 111 Å². The predicted molar refractivity (Wildman–Crippen MR) is 72.8 cm³/mol. The van der Waals surface area contributed by atoms with Crippen molar-refractivity contribution in [1.82, 2.24) is 0 Å². The summed E-state index contributed by atoms with van der Waals surface area (Å²) in [6, 6.07) is 4.08. The van der Waals surface area contributed by atoms with Crippen molar-refractivity contribution in [2.45, 2.75) is 20.8 Å². The fraction of sp³-hybridized carbons (Fsp3) is 0.462. The lowest BCUT2D eigenvalue weighted by molar-refractivity contribution is -0.384. The van der Waals surface area contributed by atoms with Gasteiger partial charge in [0.25, 0.3) is 5.69 Å². The van der Waals surface area contributed by atoms with E-state index in [1.165, 1.54) is 18.2 Å². The maximum Gasteiger partial charge on any atom is 0.338 e. The number of benzene rings is 1. The van der Waals surface area contributed by atoms with Crippen LogP contribution in [0.15, 0.2) is 18.2 Å². The molecule has 1 aromatic carbocycles. The number of para-hydroxylation sites is 1. The molecule has 1 N–H and O–H groups in total. The summed E-state index contributed by atoms with van der Waals surface area (Å²) in [5, 5.41) is 20.2. The zero-order valence-electron chi connectivity index (χ0n) is 11.5. The Kier molecular flexibility index (Phi) is 4.14. The van der Waals surface area contributed by atoms with Gasteiger partial charge in [0.1, 0.15) is 5.69 Å². The standard InChI is InChI=1S/C13H18N2O4/c1-13(2,3)8-14(4)11-9(12(16)17)6-5-7-10(11)15(18)19/h5-7H,8H2,1-4H3,(H,16,17). The van der Waals surface area contributed by atoms with E-state index in [0.717, 1.165) is 0 Å². The van der Waals surface area contributed by atoms with Crippen molar-refractivity contribution in [3.63, 3.8) is 0 Å². The van der Waals surface area contributed by atoms with Crippen LogP contribution in [-0.2, 0) is 0 Å². The Morgan fingerprint density at radius 1 is 1.42 bits per heavy atom. The van der Waals surface area contributed by atoms with E-state index >= 15 is 0 Å². The van der Waals surface area contributed by atoms with Gasteiger partial charge in [-0.05, 0) is 11.5 Å². The van der Waals surface area contributed by atoms with Gasteiger partial charge < -0.3 is 10.0 Å². The van der Waals surface area contributed by atoms with Gasteiger partial charge >= 0.3 is 5.97 Å². The predicted octanol–water partition coefficient (Wildman–Crippen LogP) is 2.78. The summed E-state index contributed by atoms with van der Waals surface area (Å²) >= 11 is 0. The number of nitro groups is 1. The summed E-state index contributed by atoms with van der Waals surface area (Å²) < 4.78 is 0. The average molecular weight is 266 g/mol. The normalized spacial score (nSPS) is 11.2. The molecule has 0 atom stereocenters. The number of aromatic carboxylic acids is 1. The molecule has 0 aromatic heterocycles. The Hall–Kier alpha value is -2.11. The number of anilines is 1. The third kappa shape index (κ3) is 3.67. The largest absolute Gasteiger partial charge is 0.478 e. The first kappa shape index (κ1) is 14.9. The molecule has 19 heavy (non-hydrogen) atoms. The molecule has 0 radical (unpaired) electrons. The van der Waals surface area contributed by atoms with Crippen LogP contribution in [0.4, 0.5) is 11.4 Å². The highest BCUT2D eigenvalue weighted by Gasteiger charge is 2.26. The minimum Gasteiger partial charge on any atom is -0.478 e. The van der Waals surface area contributed by atoms with Crippen LogP contribution in [0.3, 0.4) is 0 Å². The van der Waals surface area contributed by atoms with Gasteiger partial charge in [0.15, 0.2) is 0 Å². The summed E-state index contributed by atoms with van der Waals surface area (Å²) in [6.45, 7) is 6.47. The monoisotopic (exact) mass is 266 g/mol. The molecule has 0 unspecified atom stereocenters. The third-order valence-electron chi connectivity index (χ3n) is 2.54. The molecule has 1 rings (SSSR count). The van der Waals surface area contributed by atoms with Crippen LogP contribution in [0.5, 0.6) is 0 Å². The fourth-order valence-corrected chi connectivity index (χ4v) is 2.04. The van der Waals surface area contributed by atoms with E-state index in [4.69, 9.17) is 5.11 Å². The van der Waals surface area contributed by atoms with Gasteiger partial charge in [-0.1, -0.05) is 26.8 Å². The summed E-state index contributed by atoms with van der Waals surface area (Å²) in [5.41, 5.74) is -0.198. The van der Waals surface area contributed by atoms with Gasteiger partial charge in [0.05, 0.1) is 10.5 Å².